The van der Waals surface area contributed by atoms with Crippen LogP contribution < -0.4 is 5.73 Å². The predicted molar refractivity (Wildman–Crippen MR) is 226 cm³/mol. The van der Waals surface area contributed by atoms with E-state index in [1.807, 2.05) is 30.3 Å². The van der Waals surface area contributed by atoms with Gasteiger partial charge >= 0.3 is 17.9 Å². The fraction of sp³-hybridized carbons (Fsp3) is 0.735. The van der Waals surface area contributed by atoms with Crippen molar-refractivity contribution in [1.82, 2.24) is 0 Å². The molecular formula is C49H75NO7. The molecule has 8 heteroatoms. The Balaban J connectivity index is 1.34. The van der Waals surface area contributed by atoms with E-state index >= 15 is 0 Å². The lowest BCUT2D eigenvalue weighted by Gasteiger charge is -2.69. The minimum Gasteiger partial charge on any atom is -0.462 e. The maximum atomic E-state index is 14.2. The molecule has 1 aromatic carbocycles. The number of aliphatic hydroxyl groups is 1. The number of allylic oxidation sites excluding steroid dienone is 2. The molecule has 4 fully saturated rings. The van der Waals surface area contributed by atoms with Crippen LogP contribution >= 0.6 is 0 Å². The molecule has 57 heavy (non-hydrogen) atoms. The highest BCUT2D eigenvalue weighted by Gasteiger charge is 2.71. The second-order valence-electron chi connectivity index (χ2n) is 19.2. The summed E-state index contributed by atoms with van der Waals surface area (Å²) in [5.41, 5.74) is 8.36. The molecule has 0 aliphatic heterocycles. The molecule has 5 rings (SSSR count). The Morgan fingerprint density at radius 3 is 2.18 bits per heavy atom. The zero-order chi connectivity index (χ0) is 41.4. The van der Waals surface area contributed by atoms with E-state index in [0.717, 1.165) is 69.0 Å². The van der Waals surface area contributed by atoms with Crippen molar-refractivity contribution in [1.29, 1.82) is 0 Å². The van der Waals surface area contributed by atoms with Crippen molar-refractivity contribution in [3.63, 3.8) is 0 Å². The van der Waals surface area contributed by atoms with E-state index in [4.69, 9.17) is 19.9 Å². The maximum Gasteiger partial charge on any atom is 0.334 e. The molecule has 0 bridgehead atoms. The minimum absolute atomic E-state index is 0.0101. The van der Waals surface area contributed by atoms with Gasteiger partial charge in [0.2, 0.25) is 0 Å². The van der Waals surface area contributed by atoms with E-state index in [2.05, 4.69) is 47.6 Å². The van der Waals surface area contributed by atoms with Crippen molar-refractivity contribution in [2.24, 2.45) is 45.7 Å². The number of hydrogen-bond acceptors (Lipinski definition) is 8. The number of nitrogens with two attached hydrogens (primary N) is 1. The molecule has 0 amide bonds. The quantitative estimate of drug-likeness (QED) is 0.0495. The number of carbonyl (C=O) groups excluding carboxylic acids is 3. The average Bonchev–Trinajstić information content (AvgIpc) is 3.43. The van der Waals surface area contributed by atoms with Gasteiger partial charge in [-0.15, -0.1) is 0 Å². The summed E-state index contributed by atoms with van der Waals surface area (Å²) in [4.78, 5) is 40.1. The van der Waals surface area contributed by atoms with Crippen molar-refractivity contribution in [2.45, 2.75) is 183 Å². The second-order valence-corrected chi connectivity index (χ2v) is 19.2. The fourth-order valence-corrected chi connectivity index (χ4v) is 12.4. The predicted octanol–water partition coefficient (Wildman–Crippen LogP) is 10.3. The molecule has 1 aromatic rings. The van der Waals surface area contributed by atoms with Gasteiger partial charge in [0.25, 0.3) is 0 Å². The van der Waals surface area contributed by atoms with Crippen LogP contribution in [0.5, 0.6) is 0 Å². The van der Waals surface area contributed by atoms with Crippen LogP contribution in [0.15, 0.2) is 53.1 Å². The Labute approximate surface area is 344 Å². The molecule has 8 nitrogen and oxygen atoms in total. The summed E-state index contributed by atoms with van der Waals surface area (Å²) in [6.45, 7) is 15.9. The second kappa shape index (κ2) is 19.9. The van der Waals surface area contributed by atoms with Crippen LogP contribution in [0.2, 0.25) is 0 Å². The lowest BCUT2D eigenvalue weighted by atomic mass is 9.36. The fourth-order valence-electron chi connectivity index (χ4n) is 12.4. The number of hydrogen-bond donors (Lipinski definition) is 2. The number of rotatable bonds is 18. The largest absolute Gasteiger partial charge is 0.462 e. The summed E-state index contributed by atoms with van der Waals surface area (Å²) in [6.07, 6.45) is 16.3. The monoisotopic (exact) mass is 790 g/mol. The molecule has 0 aromatic heterocycles. The van der Waals surface area contributed by atoms with Gasteiger partial charge in [0.15, 0.2) is 0 Å². The maximum absolute atomic E-state index is 14.2. The van der Waals surface area contributed by atoms with Crippen LogP contribution in [0.4, 0.5) is 0 Å². The smallest absolute Gasteiger partial charge is 0.334 e. The van der Waals surface area contributed by atoms with Crippen LogP contribution in [0, 0.1) is 39.9 Å². The third-order valence-corrected chi connectivity index (χ3v) is 15.4. The Morgan fingerprint density at radius 2 is 1.53 bits per heavy atom. The molecule has 0 saturated heterocycles. The number of aliphatic hydroxyl groups excluding tert-OH is 1. The van der Waals surface area contributed by atoms with Gasteiger partial charge in [0, 0.05) is 18.9 Å². The van der Waals surface area contributed by atoms with E-state index in [9.17, 15) is 19.5 Å². The molecule has 4 saturated carbocycles. The van der Waals surface area contributed by atoms with Crippen LogP contribution in [-0.2, 0) is 35.2 Å². The third kappa shape index (κ3) is 10.1. The highest BCUT2D eigenvalue weighted by molar-refractivity contribution is 5.90. The summed E-state index contributed by atoms with van der Waals surface area (Å²) >= 11 is 0. The van der Waals surface area contributed by atoms with Crippen LogP contribution in [0.25, 0.3) is 0 Å². The molecule has 0 unspecified atom stereocenters. The molecule has 3 N–H and O–H groups in total. The summed E-state index contributed by atoms with van der Waals surface area (Å²) in [5, 5.41) is 12.5. The number of fused-ring (bicyclic) bond motifs is 5. The third-order valence-electron chi connectivity index (χ3n) is 15.4. The van der Waals surface area contributed by atoms with Crippen molar-refractivity contribution in [3.05, 3.63) is 58.7 Å². The van der Waals surface area contributed by atoms with E-state index in [1.165, 1.54) is 38.2 Å². The SMILES string of the molecule is CC(=O)O[C@H]1C[C@@]2(C)[C@@H](C[C@@H](O)[C@H]3[C@@]4(C)CC[C@@H](OC(=O)CCCCCCCCCCN)[C@@H](C)[C@@H]4CC[C@@]32C)/C1=C(\CCC=C(C)C)C(=O)OCc1ccccc1. The summed E-state index contributed by atoms with van der Waals surface area (Å²) in [7, 11) is 0. The molecule has 4 aliphatic carbocycles. The molecule has 10 atom stereocenters. The Morgan fingerprint density at radius 1 is 0.860 bits per heavy atom. The first-order valence-electron chi connectivity index (χ1n) is 22.5. The zero-order valence-electron chi connectivity index (χ0n) is 36.4. The van der Waals surface area contributed by atoms with Gasteiger partial charge in [-0.3, -0.25) is 9.59 Å². The summed E-state index contributed by atoms with van der Waals surface area (Å²) in [5.74, 6) is -0.440. The van der Waals surface area contributed by atoms with E-state index in [-0.39, 0.29) is 64.6 Å². The van der Waals surface area contributed by atoms with E-state index in [0.29, 0.717) is 43.6 Å². The van der Waals surface area contributed by atoms with Gasteiger partial charge in [0.1, 0.15) is 18.8 Å². The molecule has 0 spiro atoms. The first kappa shape index (κ1) is 45.1. The van der Waals surface area contributed by atoms with Crippen molar-refractivity contribution in [2.75, 3.05) is 6.54 Å². The molecule has 318 valence electrons. The Hall–Kier alpha value is -2.97. The lowest BCUT2D eigenvalue weighted by Crippen LogP contribution is -2.65. The van der Waals surface area contributed by atoms with Crippen LogP contribution in [0.3, 0.4) is 0 Å². The first-order valence-corrected chi connectivity index (χ1v) is 22.5. The normalized spacial score (nSPS) is 33.9. The number of esters is 3. The van der Waals surface area contributed by atoms with Gasteiger partial charge in [-0.2, -0.15) is 0 Å². The first-order chi connectivity index (χ1) is 27.2. The molecule has 0 radical (unpaired) electrons. The van der Waals surface area contributed by atoms with E-state index in [1.54, 1.807) is 0 Å². The summed E-state index contributed by atoms with van der Waals surface area (Å²) < 4.78 is 18.4. The van der Waals surface area contributed by atoms with Crippen LogP contribution in [0.1, 0.15) is 163 Å². The molecule has 4 aliphatic rings. The molecule has 0 heterocycles. The van der Waals surface area contributed by atoms with E-state index < -0.39 is 12.2 Å². The minimum atomic E-state index is -0.599. The Kier molecular flexibility index (Phi) is 15.7. The van der Waals surface area contributed by atoms with Crippen molar-refractivity contribution in [3.8, 4) is 0 Å². The van der Waals surface area contributed by atoms with Gasteiger partial charge in [-0.05, 0) is 136 Å². The lowest BCUT2D eigenvalue weighted by molar-refractivity contribution is -0.236. The zero-order valence-corrected chi connectivity index (χ0v) is 36.4. The Bertz CT molecular complexity index is 1580. The van der Waals surface area contributed by atoms with Gasteiger partial charge in [0.05, 0.1) is 6.10 Å². The standard InChI is InChI=1S/C49H75NO7/c1-33(2)20-19-23-37(46(54)55-32-36-21-15-14-16-22-36)44-39-30-40(52)45-47(5)27-26-41(57-43(53)24-17-12-10-8-9-11-13-18-29-50)34(3)38(47)25-28-48(45,6)49(39,7)31-42(44)56-35(4)51/h14-16,20-22,34,38-42,45,52H,8-13,17-19,23-32,50H2,1-7H3/b44-37-/t34-,38-,39-,40+,41+,42-,45-,47-,48-,49-/m0/s1. The number of benzene rings is 1. The highest BCUT2D eigenvalue weighted by Crippen LogP contribution is 2.74. The number of carbonyl (C=O) groups is 3. The van der Waals surface area contributed by atoms with Crippen LogP contribution in [-0.4, -0.2) is 47.9 Å². The topological polar surface area (TPSA) is 125 Å². The van der Waals surface area contributed by atoms with Crippen molar-refractivity contribution >= 4 is 17.9 Å². The van der Waals surface area contributed by atoms with Gasteiger partial charge in [-0.1, -0.05) is 108 Å². The molecular weight excluding hydrogens is 715 g/mol. The number of ether oxygens (including phenoxy) is 3. The summed E-state index contributed by atoms with van der Waals surface area (Å²) in [6, 6.07) is 9.70. The average molecular weight is 790 g/mol. The van der Waals surface area contributed by atoms with Gasteiger partial charge < -0.3 is 25.1 Å². The van der Waals surface area contributed by atoms with Crippen molar-refractivity contribution < 1.29 is 33.7 Å². The highest BCUT2D eigenvalue weighted by atomic mass is 16.5. The van der Waals surface area contributed by atoms with Gasteiger partial charge in [-0.25, -0.2) is 4.79 Å². The number of unbranched alkanes of at least 4 members (excludes halogenated alkanes) is 7.